The number of hydrogen-bond acceptors (Lipinski definition) is 6. The molecule has 0 saturated heterocycles. The van der Waals surface area contributed by atoms with E-state index in [1.54, 1.807) is 6.92 Å². The van der Waals surface area contributed by atoms with Crippen LogP contribution in [0.25, 0.3) is 10.1 Å². The Kier molecular flexibility index (Phi) is 4.85. The van der Waals surface area contributed by atoms with Gasteiger partial charge in [-0.05, 0) is 54.3 Å². The molecule has 3 aromatic rings. The van der Waals surface area contributed by atoms with E-state index in [1.807, 2.05) is 0 Å². The Morgan fingerprint density at radius 3 is 2.57 bits per heavy atom. The van der Waals surface area contributed by atoms with E-state index in [0.717, 1.165) is 11.3 Å². The van der Waals surface area contributed by atoms with Gasteiger partial charge in [0.25, 0.3) is 10.0 Å². The second-order valence-electron chi connectivity index (χ2n) is 6.15. The fourth-order valence-corrected chi connectivity index (χ4v) is 7.31. The lowest BCUT2D eigenvalue weighted by Gasteiger charge is -2.17. The van der Waals surface area contributed by atoms with E-state index < -0.39 is 37.2 Å². The lowest BCUT2D eigenvalue weighted by molar-refractivity contribution is 0.101. The number of sulfone groups is 1. The molecule has 1 aliphatic heterocycles. The number of anilines is 1. The van der Waals surface area contributed by atoms with Crippen LogP contribution in [0, 0.1) is 12.7 Å². The summed E-state index contributed by atoms with van der Waals surface area (Å²) in [5.41, 5.74) is 0.482. The highest BCUT2D eigenvalue weighted by Gasteiger charge is 2.31. The molecular formula is C18H16FNO5S3. The van der Waals surface area contributed by atoms with E-state index >= 15 is 0 Å². The van der Waals surface area contributed by atoms with E-state index in [-0.39, 0.29) is 27.8 Å². The van der Waals surface area contributed by atoms with Crippen LogP contribution in [0.4, 0.5) is 10.1 Å². The summed E-state index contributed by atoms with van der Waals surface area (Å²) in [6.07, 6.45) is 0. The lowest BCUT2D eigenvalue weighted by atomic mass is 10.1. The number of nitrogens with one attached hydrogen (secondary N) is 1. The van der Waals surface area contributed by atoms with Gasteiger partial charge in [-0.25, -0.2) is 21.2 Å². The van der Waals surface area contributed by atoms with Gasteiger partial charge in [0.15, 0.2) is 15.6 Å². The van der Waals surface area contributed by atoms with Crippen molar-refractivity contribution in [3.63, 3.8) is 0 Å². The summed E-state index contributed by atoms with van der Waals surface area (Å²) in [6.45, 7) is 1.56. The molecule has 0 unspecified atom stereocenters. The number of halogens is 1. The monoisotopic (exact) mass is 441 g/mol. The zero-order chi connectivity index (χ0) is 19.6. The molecule has 0 radical (unpaired) electrons. The number of rotatable bonds is 3. The second-order valence-corrected chi connectivity index (χ2v) is 11.0. The van der Waals surface area contributed by atoms with Crippen molar-refractivity contribution >= 4 is 52.8 Å². The molecule has 0 aliphatic carbocycles. The van der Waals surface area contributed by atoms with Crippen molar-refractivity contribution in [1.82, 2.24) is 0 Å². The molecule has 0 atom stereocenters. The van der Waals surface area contributed by atoms with Crippen molar-refractivity contribution in [2.75, 3.05) is 10.5 Å². The minimum Gasteiger partial charge on any atom is -0.293 e. The van der Waals surface area contributed by atoms with Crippen LogP contribution in [0.3, 0.4) is 0 Å². The van der Waals surface area contributed by atoms with E-state index in [4.69, 9.17) is 0 Å². The van der Waals surface area contributed by atoms with Gasteiger partial charge >= 0.3 is 0 Å². The highest BCUT2D eigenvalue weighted by Crippen LogP contribution is 2.37. The van der Waals surface area contributed by atoms with E-state index in [2.05, 4.69) is 4.72 Å². The number of benzene rings is 2. The van der Waals surface area contributed by atoms with Gasteiger partial charge in [0.1, 0.15) is 15.8 Å². The van der Waals surface area contributed by atoms with Gasteiger partial charge in [0.05, 0.1) is 10.6 Å². The Bertz CT molecular complexity index is 1340. The standard InChI is InChI=1S/C17H12FNO5S3.CH4/c1-9-12-7-11(18)3-5-15(12)25-17(9)27(23,24)19-13-4-2-10-6-16(13)26(21,22)8-14(10)20;/h2-7,19H,8H2,1H3;1H4. The van der Waals surface area contributed by atoms with Crippen LogP contribution in [-0.4, -0.2) is 28.4 Å². The molecule has 2 heterocycles. The summed E-state index contributed by atoms with van der Waals surface area (Å²) >= 11 is 0.969. The number of carbonyl (C=O) groups excluding carboxylic acids is 1. The van der Waals surface area contributed by atoms with Crippen LogP contribution in [0.2, 0.25) is 0 Å². The smallest absolute Gasteiger partial charge is 0.271 e. The van der Waals surface area contributed by atoms with Gasteiger partial charge in [0, 0.05) is 10.3 Å². The molecule has 6 nitrogen and oxygen atoms in total. The van der Waals surface area contributed by atoms with E-state index in [0.29, 0.717) is 15.6 Å². The maximum Gasteiger partial charge on any atom is 0.271 e. The fraction of sp³-hybridized carbons (Fsp3) is 0.167. The molecule has 4 rings (SSSR count). The Labute approximate surface area is 166 Å². The third kappa shape index (κ3) is 3.21. The largest absolute Gasteiger partial charge is 0.293 e. The van der Waals surface area contributed by atoms with Gasteiger partial charge in [-0.1, -0.05) is 7.43 Å². The van der Waals surface area contributed by atoms with Gasteiger partial charge in [0.2, 0.25) is 0 Å². The Hall–Kier alpha value is -2.30. The summed E-state index contributed by atoms with van der Waals surface area (Å²) in [5.74, 6) is -1.69. The van der Waals surface area contributed by atoms with Gasteiger partial charge in [-0.2, -0.15) is 0 Å². The number of thiophene rings is 1. The third-order valence-corrected chi connectivity index (χ3v) is 9.21. The summed E-state index contributed by atoms with van der Waals surface area (Å²) in [4.78, 5) is 11.5. The highest BCUT2D eigenvalue weighted by atomic mass is 32.2. The normalized spacial score (nSPS) is 15.3. The van der Waals surface area contributed by atoms with Crippen LogP contribution in [0.15, 0.2) is 45.5 Å². The summed E-state index contributed by atoms with van der Waals surface area (Å²) in [5, 5.41) is 0.482. The zero-order valence-electron chi connectivity index (χ0n) is 13.8. The van der Waals surface area contributed by atoms with Crippen molar-refractivity contribution in [1.29, 1.82) is 0 Å². The molecule has 1 aliphatic rings. The SMILES string of the molecule is C.Cc1c(S(=O)(=O)Nc2ccc3cc2S(=O)(=O)CC3=O)sc2ccc(F)cc12. The summed E-state index contributed by atoms with van der Waals surface area (Å²) in [6, 6.07) is 7.82. The maximum atomic E-state index is 13.5. The Balaban J connectivity index is 0.00000225. The third-order valence-electron chi connectivity index (χ3n) is 4.30. The molecule has 1 N–H and O–H groups in total. The Morgan fingerprint density at radius 1 is 1.14 bits per heavy atom. The molecule has 28 heavy (non-hydrogen) atoms. The molecule has 2 bridgehead atoms. The van der Waals surface area contributed by atoms with E-state index in [1.165, 1.54) is 36.4 Å². The molecule has 0 spiro atoms. The highest BCUT2D eigenvalue weighted by molar-refractivity contribution is 7.95. The van der Waals surface area contributed by atoms with Crippen molar-refractivity contribution in [3.05, 3.63) is 53.3 Å². The summed E-state index contributed by atoms with van der Waals surface area (Å²) in [7, 11) is -8.03. The first-order chi connectivity index (χ1) is 12.6. The summed E-state index contributed by atoms with van der Waals surface area (Å²) < 4.78 is 66.6. The molecule has 148 valence electrons. The average molecular weight is 442 g/mol. The molecule has 1 aromatic heterocycles. The number of aryl methyl sites for hydroxylation is 1. The number of ketones is 1. The van der Waals surface area contributed by atoms with Crippen LogP contribution < -0.4 is 4.72 Å². The second kappa shape index (κ2) is 6.64. The van der Waals surface area contributed by atoms with Gasteiger partial charge in [-0.15, -0.1) is 11.3 Å². The number of sulfonamides is 1. The zero-order valence-corrected chi connectivity index (χ0v) is 16.3. The van der Waals surface area contributed by atoms with Crippen LogP contribution in [0.5, 0.6) is 0 Å². The minimum absolute atomic E-state index is 0. The predicted molar refractivity (Wildman–Crippen MR) is 107 cm³/mol. The van der Waals surface area contributed by atoms with E-state index in [9.17, 15) is 26.0 Å². The van der Waals surface area contributed by atoms with Crippen LogP contribution in [-0.2, 0) is 19.9 Å². The molecule has 0 amide bonds. The Morgan fingerprint density at radius 2 is 1.86 bits per heavy atom. The topological polar surface area (TPSA) is 97.4 Å². The van der Waals surface area contributed by atoms with Crippen LogP contribution >= 0.6 is 11.3 Å². The fourth-order valence-electron chi connectivity index (χ4n) is 2.99. The van der Waals surface area contributed by atoms with Crippen molar-refractivity contribution in [3.8, 4) is 0 Å². The van der Waals surface area contributed by atoms with Gasteiger partial charge in [-0.3, -0.25) is 9.52 Å². The van der Waals surface area contributed by atoms with Gasteiger partial charge < -0.3 is 0 Å². The average Bonchev–Trinajstić information content (AvgIpc) is 2.91. The predicted octanol–water partition coefficient (Wildman–Crippen LogP) is 3.76. The van der Waals surface area contributed by atoms with Crippen molar-refractivity contribution in [2.24, 2.45) is 0 Å². The first-order valence-corrected chi connectivity index (χ1v) is 11.7. The molecule has 2 aromatic carbocycles. The first-order valence-electron chi connectivity index (χ1n) is 7.70. The molecule has 0 saturated carbocycles. The van der Waals surface area contributed by atoms with Crippen molar-refractivity contribution < 1.29 is 26.0 Å². The van der Waals surface area contributed by atoms with Crippen molar-refractivity contribution in [2.45, 2.75) is 23.5 Å². The quantitative estimate of drug-likeness (QED) is 0.668. The number of carbonyl (C=O) groups is 1. The lowest BCUT2D eigenvalue weighted by Crippen LogP contribution is -2.24. The molecular weight excluding hydrogens is 425 g/mol. The molecule has 0 fully saturated rings. The van der Waals surface area contributed by atoms with Crippen LogP contribution in [0.1, 0.15) is 23.3 Å². The number of hydrogen-bond donors (Lipinski definition) is 1. The number of fused-ring (bicyclic) bond motifs is 3. The molecule has 10 heteroatoms. The minimum atomic E-state index is -4.11. The first kappa shape index (κ1) is 20.4. The maximum absolute atomic E-state index is 13.5. The number of Topliss-reactive ketones (excluding diaryl/α,β-unsaturated/α-hetero) is 1.